The number of nitrogens with one attached hydrogen (secondary N) is 2. The normalized spacial score (nSPS) is 10.7. The van der Waals surface area contributed by atoms with Gasteiger partial charge in [0.2, 0.25) is 0 Å². The standard InChI is InChI=1S/C21H21ClN2O4/c1-3-27-20(25)9-15-12-28-19-7-5-14(8-17(15)19)11-23-21(26)24-16-6-4-13(2)18(22)10-16/h4-8,10,12H,3,9,11H2,1-2H3,(H2,23,24,26). The zero-order chi connectivity index (χ0) is 20.1. The van der Waals surface area contributed by atoms with Crippen LogP contribution in [0.15, 0.2) is 47.1 Å². The van der Waals surface area contributed by atoms with Crippen molar-refractivity contribution in [3.63, 3.8) is 0 Å². The summed E-state index contributed by atoms with van der Waals surface area (Å²) in [7, 11) is 0. The van der Waals surface area contributed by atoms with Crippen LogP contribution >= 0.6 is 11.6 Å². The molecule has 0 bridgehead atoms. The summed E-state index contributed by atoms with van der Waals surface area (Å²) in [5.41, 5.74) is 3.89. The highest BCUT2D eigenvalue weighted by molar-refractivity contribution is 6.31. The molecule has 2 aromatic carbocycles. The van der Waals surface area contributed by atoms with Gasteiger partial charge in [-0.3, -0.25) is 4.79 Å². The molecule has 0 saturated carbocycles. The average Bonchev–Trinajstić information content (AvgIpc) is 3.05. The average molecular weight is 401 g/mol. The zero-order valence-corrected chi connectivity index (χ0v) is 16.4. The Morgan fingerprint density at radius 3 is 2.75 bits per heavy atom. The Hall–Kier alpha value is -2.99. The van der Waals surface area contributed by atoms with Gasteiger partial charge in [-0.15, -0.1) is 0 Å². The van der Waals surface area contributed by atoms with Gasteiger partial charge < -0.3 is 19.8 Å². The Morgan fingerprint density at radius 1 is 1.18 bits per heavy atom. The van der Waals surface area contributed by atoms with Gasteiger partial charge >= 0.3 is 12.0 Å². The summed E-state index contributed by atoms with van der Waals surface area (Å²) in [6, 6.07) is 10.6. The first-order valence-electron chi connectivity index (χ1n) is 8.92. The van der Waals surface area contributed by atoms with Crippen molar-refractivity contribution >= 4 is 40.3 Å². The lowest BCUT2D eigenvalue weighted by Gasteiger charge is -2.09. The van der Waals surface area contributed by atoms with Gasteiger partial charge in [0, 0.05) is 28.2 Å². The quantitative estimate of drug-likeness (QED) is 0.581. The molecule has 6 nitrogen and oxygen atoms in total. The molecule has 3 aromatic rings. The number of benzene rings is 2. The molecule has 2 N–H and O–H groups in total. The molecule has 28 heavy (non-hydrogen) atoms. The molecule has 0 saturated heterocycles. The van der Waals surface area contributed by atoms with E-state index in [4.69, 9.17) is 20.8 Å². The maximum absolute atomic E-state index is 12.1. The zero-order valence-electron chi connectivity index (χ0n) is 15.7. The highest BCUT2D eigenvalue weighted by atomic mass is 35.5. The maximum atomic E-state index is 12.1. The molecule has 0 unspecified atom stereocenters. The Labute approximate surface area is 167 Å². The fourth-order valence-electron chi connectivity index (χ4n) is 2.77. The Balaban J connectivity index is 1.64. The molecule has 0 fully saturated rings. The van der Waals surface area contributed by atoms with Crippen LogP contribution in [0.5, 0.6) is 0 Å². The monoisotopic (exact) mass is 400 g/mol. The van der Waals surface area contributed by atoms with Gasteiger partial charge in [-0.2, -0.15) is 0 Å². The van der Waals surface area contributed by atoms with Crippen molar-refractivity contribution in [3.05, 3.63) is 64.4 Å². The smallest absolute Gasteiger partial charge is 0.319 e. The van der Waals surface area contributed by atoms with Crippen LogP contribution in [-0.4, -0.2) is 18.6 Å². The SMILES string of the molecule is CCOC(=O)Cc1coc2ccc(CNC(=O)Nc3ccc(C)c(Cl)c3)cc12. The summed E-state index contributed by atoms with van der Waals surface area (Å²) in [5, 5.41) is 6.98. The fourth-order valence-corrected chi connectivity index (χ4v) is 2.95. The topological polar surface area (TPSA) is 80.6 Å². The van der Waals surface area contributed by atoms with Gasteiger partial charge in [0.05, 0.1) is 19.3 Å². The molecule has 146 valence electrons. The largest absolute Gasteiger partial charge is 0.466 e. The first-order chi connectivity index (χ1) is 13.5. The van der Waals surface area contributed by atoms with Crippen LogP contribution in [0.1, 0.15) is 23.6 Å². The third-order valence-electron chi connectivity index (χ3n) is 4.24. The lowest BCUT2D eigenvalue weighted by Crippen LogP contribution is -2.28. The third kappa shape index (κ3) is 4.84. The van der Waals surface area contributed by atoms with Gasteiger partial charge in [-0.05, 0) is 49.2 Å². The third-order valence-corrected chi connectivity index (χ3v) is 4.65. The molecular formula is C21H21ClN2O4. The van der Waals surface area contributed by atoms with Crippen molar-refractivity contribution in [1.82, 2.24) is 5.32 Å². The Kier molecular flexibility index (Phi) is 6.21. The van der Waals surface area contributed by atoms with Gasteiger partial charge in [0.1, 0.15) is 5.58 Å². The van der Waals surface area contributed by atoms with E-state index in [0.29, 0.717) is 29.4 Å². The lowest BCUT2D eigenvalue weighted by atomic mass is 10.1. The molecule has 3 rings (SSSR count). The molecule has 0 aliphatic rings. The number of halogens is 1. The van der Waals surface area contributed by atoms with E-state index in [1.54, 1.807) is 25.3 Å². The molecule has 0 aliphatic heterocycles. The molecule has 2 amide bonds. The van der Waals surface area contributed by atoms with Gasteiger partial charge in [-0.25, -0.2) is 4.79 Å². The van der Waals surface area contributed by atoms with Crippen LogP contribution in [-0.2, 0) is 22.5 Å². The van der Waals surface area contributed by atoms with E-state index >= 15 is 0 Å². The van der Waals surface area contributed by atoms with E-state index < -0.39 is 0 Å². The number of fused-ring (bicyclic) bond motifs is 1. The van der Waals surface area contributed by atoms with Crippen LogP contribution in [0.4, 0.5) is 10.5 Å². The number of carbonyl (C=O) groups excluding carboxylic acids is 2. The Morgan fingerprint density at radius 2 is 2.00 bits per heavy atom. The number of furan rings is 1. The summed E-state index contributed by atoms with van der Waals surface area (Å²) in [5.74, 6) is -0.301. The minimum absolute atomic E-state index is 0.145. The van der Waals surface area contributed by atoms with Crippen LogP contribution in [0, 0.1) is 6.92 Å². The van der Waals surface area contributed by atoms with Gasteiger partial charge in [0.25, 0.3) is 0 Å². The minimum atomic E-state index is -0.334. The molecular weight excluding hydrogens is 380 g/mol. The molecule has 0 spiro atoms. The number of anilines is 1. The van der Waals surface area contributed by atoms with Crippen molar-refractivity contribution in [2.45, 2.75) is 26.8 Å². The molecule has 7 heteroatoms. The highest BCUT2D eigenvalue weighted by Crippen LogP contribution is 2.23. The van der Waals surface area contributed by atoms with Crippen LogP contribution in [0.2, 0.25) is 5.02 Å². The minimum Gasteiger partial charge on any atom is -0.466 e. The van der Waals surface area contributed by atoms with Crippen molar-refractivity contribution in [1.29, 1.82) is 0 Å². The first kappa shape index (κ1) is 19.8. The molecule has 1 heterocycles. The summed E-state index contributed by atoms with van der Waals surface area (Å²) >= 11 is 6.07. The predicted molar refractivity (Wildman–Crippen MR) is 109 cm³/mol. The van der Waals surface area contributed by atoms with Gasteiger partial charge in [-0.1, -0.05) is 23.7 Å². The second kappa shape index (κ2) is 8.80. The fraction of sp³-hybridized carbons (Fsp3) is 0.238. The molecule has 0 aliphatic carbocycles. The second-order valence-electron chi connectivity index (χ2n) is 6.34. The molecule has 0 radical (unpaired) electrons. The van der Waals surface area contributed by atoms with Crippen molar-refractivity contribution in [2.75, 3.05) is 11.9 Å². The highest BCUT2D eigenvalue weighted by Gasteiger charge is 2.12. The van der Waals surface area contributed by atoms with Crippen LogP contribution in [0.25, 0.3) is 11.0 Å². The number of ether oxygens (including phenoxy) is 1. The number of urea groups is 1. The number of esters is 1. The van der Waals surface area contributed by atoms with E-state index in [1.807, 2.05) is 31.2 Å². The van der Waals surface area contributed by atoms with E-state index in [0.717, 1.165) is 22.1 Å². The van der Waals surface area contributed by atoms with Crippen LogP contribution in [0.3, 0.4) is 0 Å². The summed E-state index contributed by atoms with van der Waals surface area (Å²) in [6.07, 6.45) is 1.71. The number of carbonyl (C=O) groups is 2. The predicted octanol–water partition coefficient (Wildman–Crippen LogP) is 4.82. The van der Waals surface area contributed by atoms with Gasteiger partial charge in [0.15, 0.2) is 0 Å². The summed E-state index contributed by atoms with van der Waals surface area (Å²) < 4.78 is 10.5. The number of rotatable bonds is 6. The van der Waals surface area contributed by atoms with E-state index in [-0.39, 0.29) is 18.4 Å². The van der Waals surface area contributed by atoms with Crippen molar-refractivity contribution in [3.8, 4) is 0 Å². The molecule has 1 aromatic heterocycles. The number of hydrogen-bond donors (Lipinski definition) is 2. The van der Waals surface area contributed by atoms with E-state index in [2.05, 4.69) is 10.6 Å². The number of amides is 2. The maximum Gasteiger partial charge on any atom is 0.319 e. The Bertz CT molecular complexity index is 1010. The number of hydrogen-bond acceptors (Lipinski definition) is 4. The van der Waals surface area contributed by atoms with Crippen molar-refractivity contribution < 1.29 is 18.7 Å². The van der Waals surface area contributed by atoms with Crippen molar-refractivity contribution in [2.24, 2.45) is 0 Å². The summed E-state index contributed by atoms with van der Waals surface area (Å²) in [4.78, 5) is 23.9. The first-order valence-corrected chi connectivity index (χ1v) is 9.29. The second-order valence-corrected chi connectivity index (χ2v) is 6.75. The summed E-state index contributed by atoms with van der Waals surface area (Å²) in [6.45, 7) is 4.33. The van der Waals surface area contributed by atoms with E-state index in [1.165, 1.54) is 0 Å². The lowest BCUT2D eigenvalue weighted by molar-refractivity contribution is -0.142. The molecule has 0 atom stereocenters. The number of aryl methyl sites for hydroxylation is 1. The van der Waals surface area contributed by atoms with Crippen LogP contribution < -0.4 is 10.6 Å². The van der Waals surface area contributed by atoms with E-state index in [9.17, 15) is 9.59 Å².